The van der Waals surface area contributed by atoms with Crippen LogP contribution in [0.5, 0.6) is 0 Å². The molecule has 2 saturated heterocycles. The fraction of sp³-hybridized carbons (Fsp3) is 0.579. The molecule has 0 unspecified atom stereocenters. The second-order valence-electron chi connectivity index (χ2n) is 6.86. The van der Waals surface area contributed by atoms with Gasteiger partial charge in [0.25, 0.3) is 0 Å². The van der Waals surface area contributed by atoms with Crippen molar-refractivity contribution in [1.82, 2.24) is 5.32 Å². The van der Waals surface area contributed by atoms with E-state index in [0.29, 0.717) is 18.4 Å². The molecule has 0 aromatic heterocycles. The minimum absolute atomic E-state index is 0.0391. The summed E-state index contributed by atoms with van der Waals surface area (Å²) < 4.78 is 5.52. The van der Waals surface area contributed by atoms with Crippen LogP contribution < -0.4 is 10.2 Å². The molecule has 5 heteroatoms. The van der Waals surface area contributed by atoms with Gasteiger partial charge >= 0.3 is 0 Å². The van der Waals surface area contributed by atoms with Crippen LogP contribution in [0.2, 0.25) is 0 Å². The first-order chi connectivity index (χ1) is 11.7. The average Bonchev–Trinajstić information content (AvgIpc) is 3.06. The third-order valence-electron chi connectivity index (χ3n) is 5.19. The smallest absolute Gasteiger partial charge is 0.249 e. The number of piperidine rings is 1. The van der Waals surface area contributed by atoms with Crippen LogP contribution in [-0.4, -0.2) is 38.3 Å². The number of hydrogen-bond acceptors (Lipinski definition) is 4. The number of nitrogens with zero attached hydrogens (tertiary/aromatic N) is 2. The van der Waals surface area contributed by atoms with Gasteiger partial charge in [-0.3, -0.25) is 4.79 Å². The van der Waals surface area contributed by atoms with Crippen molar-refractivity contribution >= 4 is 11.6 Å². The van der Waals surface area contributed by atoms with Crippen molar-refractivity contribution in [2.24, 2.45) is 11.8 Å². The molecule has 2 aliphatic rings. The first-order valence-electron chi connectivity index (χ1n) is 8.82. The largest absolute Gasteiger partial charge is 0.370 e. The number of carbonyl (C=O) groups is 1. The van der Waals surface area contributed by atoms with E-state index in [1.807, 2.05) is 24.3 Å². The van der Waals surface area contributed by atoms with E-state index in [1.54, 1.807) is 0 Å². The molecule has 2 fully saturated rings. The first kappa shape index (κ1) is 16.8. The highest BCUT2D eigenvalue weighted by atomic mass is 16.5. The SMILES string of the molecule is C[C@@H]1CCO[C@@H]1C(=O)NCC1CCN(c2ccccc2C#N)CC1. The van der Waals surface area contributed by atoms with E-state index in [1.165, 1.54) is 0 Å². The van der Waals surface area contributed by atoms with Crippen molar-refractivity contribution in [1.29, 1.82) is 5.26 Å². The van der Waals surface area contributed by atoms with E-state index >= 15 is 0 Å². The van der Waals surface area contributed by atoms with E-state index in [4.69, 9.17) is 4.74 Å². The molecule has 128 valence electrons. The number of rotatable bonds is 4. The van der Waals surface area contributed by atoms with Gasteiger partial charge in [0.15, 0.2) is 0 Å². The molecule has 2 aliphatic heterocycles. The Balaban J connectivity index is 1.47. The summed E-state index contributed by atoms with van der Waals surface area (Å²) >= 11 is 0. The van der Waals surface area contributed by atoms with Crippen molar-refractivity contribution in [2.75, 3.05) is 31.1 Å². The molecule has 5 nitrogen and oxygen atoms in total. The zero-order chi connectivity index (χ0) is 16.9. The molecule has 3 rings (SSSR count). The Morgan fingerprint density at radius 2 is 2.08 bits per heavy atom. The molecule has 1 aromatic carbocycles. The number of nitrogens with one attached hydrogen (secondary N) is 1. The molecule has 0 aliphatic carbocycles. The number of ether oxygens (including phenoxy) is 1. The monoisotopic (exact) mass is 327 g/mol. The Morgan fingerprint density at radius 3 is 2.75 bits per heavy atom. The van der Waals surface area contributed by atoms with Gasteiger partial charge in [0, 0.05) is 26.2 Å². The molecule has 1 N–H and O–H groups in total. The van der Waals surface area contributed by atoms with E-state index in [9.17, 15) is 10.1 Å². The summed E-state index contributed by atoms with van der Waals surface area (Å²) in [7, 11) is 0. The molecule has 0 radical (unpaired) electrons. The number of nitriles is 1. The lowest BCUT2D eigenvalue weighted by Gasteiger charge is -2.34. The normalized spacial score (nSPS) is 24.6. The van der Waals surface area contributed by atoms with Gasteiger partial charge in [-0.1, -0.05) is 19.1 Å². The molecule has 1 amide bonds. The molecule has 2 heterocycles. The van der Waals surface area contributed by atoms with Crippen molar-refractivity contribution in [3.8, 4) is 6.07 Å². The molecule has 1 aromatic rings. The van der Waals surface area contributed by atoms with Crippen LogP contribution in [0.4, 0.5) is 5.69 Å². The highest BCUT2D eigenvalue weighted by Crippen LogP contribution is 2.26. The molecule has 2 atom stereocenters. The van der Waals surface area contributed by atoms with Gasteiger partial charge in [0.05, 0.1) is 11.3 Å². The number of carbonyl (C=O) groups excluding carboxylic acids is 1. The number of anilines is 1. The van der Waals surface area contributed by atoms with Crippen LogP contribution in [0.25, 0.3) is 0 Å². The summed E-state index contributed by atoms with van der Waals surface area (Å²) in [5.74, 6) is 0.850. The van der Waals surface area contributed by atoms with Crippen LogP contribution in [0, 0.1) is 23.2 Å². The molecule has 0 saturated carbocycles. The van der Waals surface area contributed by atoms with Gasteiger partial charge in [-0.15, -0.1) is 0 Å². The first-order valence-corrected chi connectivity index (χ1v) is 8.82. The maximum atomic E-state index is 12.2. The quantitative estimate of drug-likeness (QED) is 0.922. The summed E-state index contributed by atoms with van der Waals surface area (Å²) in [6, 6.07) is 10.0. The fourth-order valence-corrected chi connectivity index (χ4v) is 3.60. The zero-order valence-corrected chi connectivity index (χ0v) is 14.2. The third kappa shape index (κ3) is 3.70. The Bertz CT molecular complexity index is 617. The van der Waals surface area contributed by atoms with Crippen LogP contribution in [0.15, 0.2) is 24.3 Å². The lowest BCUT2D eigenvalue weighted by Crippen LogP contribution is -2.42. The van der Waals surface area contributed by atoms with Crippen molar-refractivity contribution < 1.29 is 9.53 Å². The zero-order valence-electron chi connectivity index (χ0n) is 14.2. The van der Waals surface area contributed by atoms with Gasteiger partial charge in [0.2, 0.25) is 5.91 Å². The Kier molecular flexibility index (Phi) is 5.37. The van der Waals surface area contributed by atoms with Crippen LogP contribution in [0.1, 0.15) is 31.7 Å². The molecule has 0 spiro atoms. The number of amides is 1. The molecule has 24 heavy (non-hydrogen) atoms. The summed E-state index contributed by atoms with van der Waals surface area (Å²) in [6.45, 7) is 5.34. The van der Waals surface area contributed by atoms with Gasteiger partial charge in [-0.2, -0.15) is 5.26 Å². The standard InChI is InChI=1S/C19H25N3O2/c1-14-8-11-24-18(14)19(23)21-13-15-6-9-22(10-7-15)17-5-3-2-4-16(17)12-20/h2-5,14-15,18H,6-11,13H2,1H3,(H,21,23)/t14-,18+/m1/s1. The van der Waals surface area contributed by atoms with E-state index in [-0.39, 0.29) is 12.0 Å². The summed E-state index contributed by atoms with van der Waals surface area (Å²) in [5.41, 5.74) is 1.76. The second-order valence-corrected chi connectivity index (χ2v) is 6.86. The average molecular weight is 327 g/mol. The van der Waals surface area contributed by atoms with Crippen molar-refractivity contribution in [3.05, 3.63) is 29.8 Å². The fourth-order valence-electron chi connectivity index (χ4n) is 3.60. The lowest BCUT2D eigenvalue weighted by atomic mass is 9.95. The Morgan fingerprint density at radius 1 is 1.33 bits per heavy atom. The maximum absolute atomic E-state index is 12.2. The van der Waals surface area contributed by atoms with Crippen LogP contribution >= 0.6 is 0 Å². The number of para-hydroxylation sites is 1. The topological polar surface area (TPSA) is 65.4 Å². The van der Waals surface area contributed by atoms with E-state index in [0.717, 1.165) is 50.1 Å². The number of hydrogen-bond donors (Lipinski definition) is 1. The summed E-state index contributed by atoms with van der Waals surface area (Å²) in [5, 5.41) is 12.3. The third-order valence-corrected chi connectivity index (χ3v) is 5.19. The predicted octanol–water partition coefficient (Wildman–Crippen LogP) is 2.32. The molecular weight excluding hydrogens is 302 g/mol. The van der Waals surface area contributed by atoms with Crippen LogP contribution in [-0.2, 0) is 9.53 Å². The number of benzene rings is 1. The lowest BCUT2D eigenvalue weighted by molar-refractivity contribution is -0.131. The Labute approximate surface area is 143 Å². The van der Waals surface area contributed by atoms with Gasteiger partial charge in [0.1, 0.15) is 12.2 Å². The van der Waals surface area contributed by atoms with E-state index < -0.39 is 0 Å². The highest BCUT2D eigenvalue weighted by Gasteiger charge is 2.31. The van der Waals surface area contributed by atoms with Crippen molar-refractivity contribution in [3.63, 3.8) is 0 Å². The Hall–Kier alpha value is -2.06. The molecule has 0 bridgehead atoms. The van der Waals surface area contributed by atoms with Crippen molar-refractivity contribution in [2.45, 2.75) is 32.3 Å². The maximum Gasteiger partial charge on any atom is 0.249 e. The van der Waals surface area contributed by atoms with Crippen LogP contribution in [0.3, 0.4) is 0 Å². The van der Waals surface area contributed by atoms with Gasteiger partial charge in [-0.25, -0.2) is 0 Å². The second kappa shape index (κ2) is 7.67. The van der Waals surface area contributed by atoms with Gasteiger partial charge < -0.3 is 15.0 Å². The minimum Gasteiger partial charge on any atom is -0.370 e. The molecular formula is C19H25N3O2. The van der Waals surface area contributed by atoms with Gasteiger partial charge in [-0.05, 0) is 43.2 Å². The summed E-state index contributed by atoms with van der Waals surface area (Å²) in [6.07, 6.45) is 2.75. The summed E-state index contributed by atoms with van der Waals surface area (Å²) in [4.78, 5) is 14.5. The highest BCUT2D eigenvalue weighted by molar-refractivity contribution is 5.81. The minimum atomic E-state index is -0.271. The predicted molar refractivity (Wildman–Crippen MR) is 92.6 cm³/mol. The van der Waals surface area contributed by atoms with E-state index in [2.05, 4.69) is 23.2 Å².